The average Bonchev–Trinajstić information content (AvgIpc) is 2.48. The molecule has 0 saturated heterocycles. The summed E-state index contributed by atoms with van der Waals surface area (Å²) in [5.74, 6) is 0.0889. The number of aromatic nitrogens is 1. The largest absolute Gasteiger partial charge is 0.506 e. The van der Waals surface area contributed by atoms with E-state index in [4.69, 9.17) is 23.2 Å². The van der Waals surface area contributed by atoms with Crippen LogP contribution in [0.1, 0.15) is 5.56 Å². The fraction of sp³-hybridized carbons (Fsp3) is 0.0625. The number of anilines is 1. The van der Waals surface area contributed by atoms with Crippen LogP contribution in [-0.2, 0) is 6.54 Å². The molecule has 2 aromatic carbocycles. The summed E-state index contributed by atoms with van der Waals surface area (Å²) in [6.45, 7) is 0.429. The molecule has 1 heterocycles. The lowest BCUT2D eigenvalue weighted by atomic mass is 10.1. The van der Waals surface area contributed by atoms with Crippen LogP contribution in [0.4, 0.5) is 5.69 Å². The second kappa shape index (κ2) is 5.80. The van der Waals surface area contributed by atoms with Crippen molar-refractivity contribution in [2.24, 2.45) is 0 Å². The van der Waals surface area contributed by atoms with Gasteiger partial charge in [0, 0.05) is 28.7 Å². The Morgan fingerprint density at radius 2 is 1.95 bits per heavy atom. The molecule has 21 heavy (non-hydrogen) atoms. The molecule has 0 saturated carbocycles. The smallest absolute Gasteiger partial charge is 0.139 e. The Morgan fingerprint density at radius 1 is 1.10 bits per heavy atom. The van der Waals surface area contributed by atoms with Crippen LogP contribution in [0.3, 0.4) is 0 Å². The van der Waals surface area contributed by atoms with Gasteiger partial charge in [-0.2, -0.15) is 0 Å². The molecule has 0 radical (unpaired) electrons. The SMILES string of the molecule is Oc1c(Cl)cccc1CNc1cc(Cl)cc2cccnc12. The molecule has 0 unspecified atom stereocenters. The first-order chi connectivity index (χ1) is 10.1. The molecule has 0 aliphatic rings. The van der Waals surface area contributed by atoms with Gasteiger partial charge in [-0.1, -0.05) is 41.4 Å². The van der Waals surface area contributed by atoms with E-state index < -0.39 is 0 Å². The van der Waals surface area contributed by atoms with Gasteiger partial charge in [-0.05, 0) is 24.3 Å². The summed E-state index contributed by atoms with van der Waals surface area (Å²) in [7, 11) is 0. The third-order valence-corrected chi connectivity index (χ3v) is 3.73. The number of pyridine rings is 1. The van der Waals surface area contributed by atoms with Gasteiger partial charge in [-0.25, -0.2) is 0 Å². The Bertz CT molecular complexity index is 805. The number of phenols is 1. The predicted molar refractivity (Wildman–Crippen MR) is 87.2 cm³/mol. The summed E-state index contributed by atoms with van der Waals surface area (Å²) >= 11 is 12.0. The molecular formula is C16H12Cl2N2O. The molecule has 3 nitrogen and oxygen atoms in total. The van der Waals surface area contributed by atoms with E-state index in [0.29, 0.717) is 22.2 Å². The van der Waals surface area contributed by atoms with Crippen molar-refractivity contribution < 1.29 is 5.11 Å². The molecule has 0 aliphatic heterocycles. The minimum Gasteiger partial charge on any atom is -0.506 e. The van der Waals surface area contributed by atoms with E-state index in [-0.39, 0.29) is 5.75 Å². The van der Waals surface area contributed by atoms with Gasteiger partial charge in [-0.3, -0.25) is 4.98 Å². The van der Waals surface area contributed by atoms with Crippen LogP contribution in [-0.4, -0.2) is 10.1 Å². The number of hydrogen-bond acceptors (Lipinski definition) is 3. The summed E-state index contributed by atoms with van der Waals surface area (Å²) in [5, 5.41) is 15.1. The monoisotopic (exact) mass is 318 g/mol. The van der Waals surface area contributed by atoms with Gasteiger partial charge in [0.15, 0.2) is 0 Å². The van der Waals surface area contributed by atoms with Crippen LogP contribution < -0.4 is 5.32 Å². The van der Waals surface area contributed by atoms with E-state index in [1.165, 1.54) is 0 Å². The second-order valence-electron chi connectivity index (χ2n) is 4.63. The number of halogens is 2. The van der Waals surface area contributed by atoms with E-state index in [1.807, 2.05) is 30.3 Å². The maximum atomic E-state index is 9.93. The average molecular weight is 319 g/mol. The molecule has 0 atom stereocenters. The summed E-state index contributed by atoms with van der Waals surface area (Å²) in [5.41, 5.74) is 2.37. The van der Waals surface area contributed by atoms with Crippen LogP contribution in [0.25, 0.3) is 10.9 Å². The molecule has 1 aromatic heterocycles. The molecule has 106 valence electrons. The topological polar surface area (TPSA) is 45.1 Å². The fourth-order valence-corrected chi connectivity index (χ4v) is 2.60. The first-order valence-electron chi connectivity index (χ1n) is 6.39. The molecule has 0 fully saturated rings. The van der Waals surface area contributed by atoms with Crippen molar-refractivity contribution in [3.8, 4) is 5.75 Å². The zero-order valence-corrected chi connectivity index (χ0v) is 12.5. The summed E-state index contributed by atoms with van der Waals surface area (Å²) in [4.78, 5) is 4.36. The molecule has 2 N–H and O–H groups in total. The Hall–Kier alpha value is -1.97. The van der Waals surface area contributed by atoms with Gasteiger partial charge < -0.3 is 10.4 Å². The highest BCUT2D eigenvalue weighted by Crippen LogP contribution is 2.30. The van der Waals surface area contributed by atoms with E-state index in [2.05, 4.69) is 10.3 Å². The Balaban J connectivity index is 1.93. The number of para-hydroxylation sites is 1. The molecule has 0 aliphatic carbocycles. The van der Waals surface area contributed by atoms with Crippen molar-refractivity contribution >= 4 is 39.8 Å². The first-order valence-corrected chi connectivity index (χ1v) is 7.15. The van der Waals surface area contributed by atoms with Gasteiger partial charge >= 0.3 is 0 Å². The zero-order valence-electron chi connectivity index (χ0n) is 11.0. The number of phenolic OH excluding ortho intramolecular Hbond substituents is 1. The number of benzene rings is 2. The molecule has 0 amide bonds. The molecule has 0 bridgehead atoms. The number of rotatable bonds is 3. The molecule has 3 rings (SSSR count). The van der Waals surface area contributed by atoms with E-state index in [0.717, 1.165) is 16.6 Å². The maximum Gasteiger partial charge on any atom is 0.139 e. The van der Waals surface area contributed by atoms with E-state index in [9.17, 15) is 5.11 Å². The van der Waals surface area contributed by atoms with Crippen molar-refractivity contribution in [1.29, 1.82) is 0 Å². The van der Waals surface area contributed by atoms with E-state index in [1.54, 1.807) is 18.3 Å². The Kier molecular flexibility index (Phi) is 3.86. The van der Waals surface area contributed by atoms with Crippen LogP contribution in [0.15, 0.2) is 48.7 Å². The van der Waals surface area contributed by atoms with Crippen molar-refractivity contribution in [2.45, 2.75) is 6.54 Å². The molecule has 3 aromatic rings. The number of nitrogens with zero attached hydrogens (tertiary/aromatic N) is 1. The number of fused-ring (bicyclic) bond motifs is 1. The van der Waals surface area contributed by atoms with Crippen LogP contribution in [0, 0.1) is 0 Å². The minimum absolute atomic E-state index is 0.0889. The fourth-order valence-electron chi connectivity index (χ4n) is 2.18. The van der Waals surface area contributed by atoms with Gasteiger partial charge in [0.1, 0.15) is 5.75 Å². The number of hydrogen-bond donors (Lipinski definition) is 2. The van der Waals surface area contributed by atoms with E-state index >= 15 is 0 Å². The molecular weight excluding hydrogens is 307 g/mol. The van der Waals surface area contributed by atoms with Gasteiger partial charge in [0.05, 0.1) is 16.2 Å². The number of nitrogens with one attached hydrogen (secondary N) is 1. The zero-order chi connectivity index (χ0) is 14.8. The first kappa shape index (κ1) is 14.0. The highest BCUT2D eigenvalue weighted by Gasteiger charge is 2.07. The lowest BCUT2D eigenvalue weighted by Crippen LogP contribution is -2.01. The minimum atomic E-state index is 0.0889. The highest BCUT2D eigenvalue weighted by molar-refractivity contribution is 6.32. The predicted octanol–water partition coefficient (Wildman–Crippen LogP) is 4.86. The quantitative estimate of drug-likeness (QED) is 0.725. The maximum absolute atomic E-state index is 9.93. The Labute approximate surface area is 132 Å². The van der Waals surface area contributed by atoms with Crippen LogP contribution in [0.5, 0.6) is 5.75 Å². The molecule has 0 spiro atoms. The Morgan fingerprint density at radius 3 is 2.81 bits per heavy atom. The molecule has 5 heteroatoms. The lowest BCUT2D eigenvalue weighted by molar-refractivity contribution is 0.469. The summed E-state index contributed by atoms with van der Waals surface area (Å²) in [6.07, 6.45) is 1.73. The summed E-state index contributed by atoms with van der Waals surface area (Å²) < 4.78 is 0. The highest BCUT2D eigenvalue weighted by atomic mass is 35.5. The third kappa shape index (κ3) is 2.89. The van der Waals surface area contributed by atoms with Gasteiger partial charge in [0.2, 0.25) is 0 Å². The third-order valence-electron chi connectivity index (χ3n) is 3.21. The van der Waals surface area contributed by atoms with Crippen molar-refractivity contribution in [2.75, 3.05) is 5.32 Å². The van der Waals surface area contributed by atoms with Crippen molar-refractivity contribution in [3.05, 3.63) is 64.3 Å². The number of aromatic hydroxyl groups is 1. The van der Waals surface area contributed by atoms with Crippen LogP contribution in [0.2, 0.25) is 10.0 Å². The van der Waals surface area contributed by atoms with Gasteiger partial charge in [-0.15, -0.1) is 0 Å². The lowest BCUT2D eigenvalue weighted by Gasteiger charge is -2.11. The summed E-state index contributed by atoms with van der Waals surface area (Å²) in [6, 6.07) is 12.8. The normalized spacial score (nSPS) is 10.8. The standard InChI is InChI=1S/C16H12Cl2N2O/c17-12-7-10-4-2-6-19-15(10)14(8-12)20-9-11-3-1-5-13(18)16(11)21/h1-8,20-21H,9H2. The second-order valence-corrected chi connectivity index (χ2v) is 5.47. The van der Waals surface area contributed by atoms with Crippen molar-refractivity contribution in [1.82, 2.24) is 4.98 Å². The van der Waals surface area contributed by atoms with Crippen molar-refractivity contribution in [3.63, 3.8) is 0 Å². The van der Waals surface area contributed by atoms with Crippen LogP contribution >= 0.6 is 23.2 Å². The van der Waals surface area contributed by atoms with Gasteiger partial charge in [0.25, 0.3) is 0 Å².